The highest BCUT2D eigenvalue weighted by atomic mass is 35.5. The van der Waals surface area contributed by atoms with Gasteiger partial charge < -0.3 is 19.7 Å². The summed E-state index contributed by atoms with van der Waals surface area (Å²) in [6, 6.07) is 3.57. The molecular formula is C15H15Cl2N5O. The number of hydrogen-bond donors (Lipinski definition) is 2. The van der Waals surface area contributed by atoms with E-state index in [1.54, 1.807) is 6.07 Å². The Labute approximate surface area is 142 Å². The smallest absolute Gasteiger partial charge is 0.276 e. The molecular weight excluding hydrogens is 337 g/mol. The maximum atomic E-state index is 6.31. The van der Waals surface area contributed by atoms with Gasteiger partial charge in [0, 0.05) is 42.1 Å². The summed E-state index contributed by atoms with van der Waals surface area (Å²) in [5.74, 6) is 1.07. The molecule has 1 aliphatic heterocycles. The topological polar surface area (TPSA) is 70.0 Å². The lowest BCUT2D eigenvalue weighted by molar-refractivity contribution is 0.426. The molecule has 120 valence electrons. The average molecular weight is 352 g/mol. The van der Waals surface area contributed by atoms with E-state index in [0.29, 0.717) is 21.9 Å². The quantitative estimate of drug-likeness (QED) is 0.741. The number of H-pyrrole nitrogens is 1. The highest BCUT2D eigenvalue weighted by Gasteiger charge is 2.21. The third-order valence-electron chi connectivity index (χ3n) is 4.09. The van der Waals surface area contributed by atoms with E-state index < -0.39 is 0 Å². The van der Waals surface area contributed by atoms with Crippen LogP contribution in [0.25, 0.3) is 22.5 Å². The molecule has 3 aromatic rings. The zero-order chi connectivity index (χ0) is 16.0. The number of nitrogens with one attached hydrogen (secondary N) is 2. The summed E-state index contributed by atoms with van der Waals surface area (Å²) >= 11 is 12.4. The van der Waals surface area contributed by atoms with Crippen LogP contribution in [0.1, 0.15) is 5.56 Å². The van der Waals surface area contributed by atoms with Crippen molar-refractivity contribution >= 4 is 40.1 Å². The zero-order valence-electron chi connectivity index (χ0n) is 12.5. The molecule has 23 heavy (non-hydrogen) atoms. The molecule has 1 aromatic carbocycles. The van der Waals surface area contributed by atoms with Gasteiger partial charge in [-0.2, -0.15) is 4.98 Å². The summed E-state index contributed by atoms with van der Waals surface area (Å²) in [4.78, 5) is 9.91. The Kier molecular flexibility index (Phi) is 3.67. The van der Waals surface area contributed by atoms with Crippen molar-refractivity contribution in [1.29, 1.82) is 0 Å². The van der Waals surface area contributed by atoms with Gasteiger partial charge in [0.05, 0.1) is 5.02 Å². The molecule has 2 aromatic heterocycles. The molecule has 0 unspecified atom stereocenters. The largest absolute Gasteiger partial charge is 0.350 e. The lowest BCUT2D eigenvalue weighted by Gasteiger charge is -2.25. The number of hydrogen-bond acceptors (Lipinski definition) is 5. The van der Waals surface area contributed by atoms with Crippen molar-refractivity contribution in [2.45, 2.75) is 6.92 Å². The van der Waals surface area contributed by atoms with Crippen molar-refractivity contribution in [3.8, 4) is 11.6 Å². The fraction of sp³-hybridized carbons (Fsp3) is 0.333. The summed E-state index contributed by atoms with van der Waals surface area (Å²) in [6.45, 7) is 5.55. The Balaban J connectivity index is 1.76. The first-order valence-corrected chi connectivity index (χ1v) is 8.16. The van der Waals surface area contributed by atoms with Gasteiger partial charge in [-0.15, -0.1) is 0 Å². The van der Waals surface area contributed by atoms with E-state index in [2.05, 4.69) is 25.3 Å². The Morgan fingerprint density at radius 3 is 2.78 bits per heavy atom. The molecule has 2 N–H and O–H groups in total. The molecule has 0 bridgehead atoms. The minimum Gasteiger partial charge on any atom is -0.350 e. The van der Waals surface area contributed by atoms with Crippen LogP contribution < -0.4 is 10.2 Å². The van der Waals surface area contributed by atoms with E-state index in [0.717, 1.165) is 48.3 Å². The van der Waals surface area contributed by atoms with Gasteiger partial charge in [-0.05, 0) is 29.8 Å². The van der Waals surface area contributed by atoms with Crippen LogP contribution in [-0.2, 0) is 0 Å². The molecule has 1 saturated heterocycles. The summed E-state index contributed by atoms with van der Waals surface area (Å²) in [5, 5.41) is 9.52. The summed E-state index contributed by atoms with van der Waals surface area (Å²) < 4.78 is 5.45. The first-order valence-electron chi connectivity index (χ1n) is 7.40. The third kappa shape index (κ3) is 2.56. The van der Waals surface area contributed by atoms with Gasteiger partial charge in [-0.3, -0.25) is 0 Å². The standard InChI is InChI=1S/C15H15Cl2N5O/c1-8-12-10(17)6-9(16)7-11(12)19-13(8)14-20-15(21-23-14)22-4-2-18-3-5-22/h6-7,18-19H,2-5H2,1H3. The van der Waals surface area contributed by atoms with Gasteiger partial charge in [0.2, 0.25) is 0 Å². The van der Waals surface area contributed by atoms with Crippen LogP contribution in [-0.4, -0.2) is 41.3 Å². The second-order valence-corrected chi connectivity index (χ2v) is 6.42. The second-order valence-electron chi connectivity index (χ2n) is 5.57. The number of rotatable bonds is 2. The Hall–Kier alpha value is -1.76. The van der Waals surface area contributed by atoms with Crippen LogP contribution in [0.5, 0.6) is 0 Å². The number of fused-ring (bicyclic) bond motifs is 1. The van der Waals surface area contributed by atoms with E-state index in [9.17, 15) is 0 Å². The Bertz CT molecular complexity index is 866. The molecule has 4 rings (SSSR count). The van der Waals surface area contributed by atoms with Gasteiger partial charge in [-0.1, -0.05) is 23.2 Å². The van der Waals surface area contributed by atoms with Gasteiger partial charge in [0.25, 0.3) is 11.8 Å². The SMILES string of the molecule is Cc1c(-c2nc(N3CCNCC3)no2)[nH]c2cc(Cl)cc(Cl)c12. The highest BCUT2D eigenvalue weighted by Crippen LogP contribution is 2.35. The Morgan fingerprint density at radius 1 is 1.22 bits per heavy atom. The lowest BCUT2D eigenvalue weighted by atomic mass is 10.1. The van der Waals surface area contributed by atoms with Crippen LogP contribution in [0.4, 0.5) is 5.95 Å². The van der Waals surface area contributed by atoms with Gasteiger partial charge >= 0.3 is 0 Å². The van der Waals surface area contributed by atoms with Crippen molar-refractivity contribution in [1.82, 2.24) is 20.4 Å². The van der Waals surface area contributed by atoms with E-state index in [-0.39, 0.29) is 0 Å². The molecule has 0 saturated carbocycles. The minimum absolute atomic E-state index is 0.458. The first-order chi connectivity index (χ1) is 11.1. The van der Waals surface area contributed by atoms with Gasteiger partial charge in [0.15, 0.2) is 0 Å². The van der Waals surface area contributed by atoms with Crippen LogP contribution in [0, 0.1) is 6.92 Å². The number of halogens is 2. The number of nitrogens with zero attached hydrogens (tertiary/aromatic N) is 3. The van der Waals surface area contributed by atoms with E-state index >= 15 is 0 Å². The second kappa shape index (κ2) is 5.70. The molecule has 0 atom stereocenters. The first kappa shape index (κ1) is 14.8. The maximum Gasteiger partial charge on any atom is 0.276 e. The number of aryl methyl sites for hydroxylation is 1. The van der Waals surface area contributed by atoms with Crippen molar-refractivity contribution in [3.05, 3.63) is 27.7 Å². The lowest BCUT2D eigenvalue weighted by Crippen LogP contribution is -2.44. The van der Waals surface area contributed by atoms with Crippen LogP contribution >= 0.6 is 23.2 Å². The molecule has 0 amide bonds. The predicted octanol–water partition coefficient (Wildman–Crippen LogP) is 3.24. The van der Waals surface area contributed by atoms with Gasteiger partial charge in [-0.25, -0.2) is 0 Å². The Morgan fingerprint density at radius 2 is 2.00 bits per heavy atom. The third-order valence-corrected chi connectivity index (χ3v) is 4.61. The summed E-state index contributed by atoms with van der Waals surface area (Å²) in [6.07, 6.45) is 0. The molecule has 0 aliphatic carbocycles. The molecule has 6 nitrogen and oxygen atoms in total. The number of anilines is 1. The van der Waals surface area contributed by atoms with Gasteiger partial charge in [0.1, 0.15) is 5.69 Å². The molecule has 0 spiro atoms. The predicted molar refractivity (Wildman–Crippen MR) is 91.4 cm³/mol. The molecule has 8 heteroatoms. The van der Waals surface area contributed by atoms with Crippen molar-refractivity contribution in [3.63, 3.8) is 0 Å². The molecule has 1 aliphatic rings. The average Bonchev–Trinajstić information content (AvgIpc) is 3.13. The molecule has 0 radical (unpaired) electrons. The number of piperazine rings is 1. The van der Waals surface area contributed by atoms with Crippen LogP contribution in [0.15, 0.2) is 16.7 Å². The van der Waals surface area contributed by atoms with Crippen LogP contribution in [0.3, 0.4) is 0 Å². The fourth-order valence-electron chi connectivity index (χ4n) is 2.93. The van der Waals surface area contributed by atoms with E-state index in [4.69, 9.17) is 27.7 Å². The van der Waals surface area contributed by atoms with E-state index in [1.807, 2.05) is 13.0 Å². The number of benzene rings is 1. The summed E-state index contributed by atoms with van der Waals surface area (Å²) in [7, 11) is 0. The molecule has 3 heterocycles. The maximum absolute atomic E-state index is 6.31. The van der Waals surface area contributed by atoms with E-state index in [1.165, 1.54) is 0 Å². The fourth-order valence-corrected chi connectivity index (χ4v) is 3.57. The monoisotopic (exact) mass is 351 g/mol. The minimum atomic E-state index is 0.458. The zero-order valence-corrected chi connectivity index (χ0v) is 14.0. The molecule has 1 fully saturated rings. The van der Waals surface area contributed by atoms with Crippen molar-refractivity contribution in [2.24, 2.45) is 0 Å². The number of aromatic nitrogens is 3. The highest BCUT2D eigenvalue weighted by molar-refractivity contribution is 6.39. The van der Waals surface area contributed by atoms with Crippen molar-refractivity contribution < 1.29 is 4.52 Å². The summed E-state index contributed by atoms with van der Waals surface area (Å²) in [5.41, 5.74) is 2.60. The van der Waals surface area contributed by atoms with Crippen LogP contribution in [0.2, 0.25) is 10.0 Å². The normalized spacial score (nSPS) is 15.5. The number of aromatic amines is 1. The van der Waals surface area contributed by atoms with Crippen molar-refractivity contribution in [2.75, 3.05) is 31.1 Å².